The summed E-state index contributed by atoms with van der Waals surface area (Å²) in [6, 6.07) is 5.56. The number of nitrogens with two attached hydrogens (primary N) is 1. The van der Waals surface area contributed by atoms with Crippen LogP contribution in [-0.2, 0) is 17.7 Å². The molecule has 0 bridgehead atoms. The fraction of sp³-hybridized carbons (Fsp3) is 0.450. The maximum Gasteiger partial charge on any atom is 0.231 e. The minimum Gasteiger partial charge on any atom is -0.508 e. The molecule has 2 aromatic heterocycles. The first-order chi connectivity index (χ1) is 14.1. The van der Waals surface area contributed by atoms with Crippen molar-refractivity contribution in [3.05, 3.63) is 30.1 Å². The first-order valence-electron chi connectivity index (χ1n) is 9.97. The van der Waals surface area contributed by atoms with Gasteiger partial charge < -0.3 is 25.5 Å². The predicted octanol–water partition coefficient (Wildman–Crippen LogP) is 3.83. The molecular formula is C20H29N6O2P. The Kier molecular flexibility index (Phi) is 7.61. The molecule has 0 aliphatic carbocycles. The topological polar surface area (TPSA) is 111 Å². The summed E-state index contributed by atoms with van der Waals surface area (Å²) in [5, 5.41) is 13.5. The first kappa shape index (κ1) is 21.3. The zero-order valence-corrected chi connectivity index (χ0v) is 17.9. The molecule has 0 spiro atoms. The van der Waals surface area contributed by atoms with Gasteiger partial charge in [0, 0.05) is 18.3 Å². The number of aromatic hydroxyl groups is 1. The summed E-state index contributed by atoms with van der Waals surface area (Å²) in [6.07, 6.45) is 7.82. The van der Waals surface area contributed by atoms with Gasteiger partial charge >= 0.3 is 0 Å². The zero-order chi connectivity index (χ0) is 20.6. The molecule has 0 radical (unpaired) electrons. The number of nitrogens with zero attached hydrogens (tertiary/aromatic N) is 4. The maximum absolute atomic E-state index is 10.3. The molecule has 1 unspecified atom stereocenters. The fourth-order valence-corrected chi connectivity index (χ4v) is 3.32. The van der Waals surface area contributed by atoms with Crippen LogP contribution < -0.4 is 11.1 Å². The van der Waals surface area contributed by atoms with Crippen molar-refractivity contribution < 1.29 is 9.84 Å². The molecule has 29 heavy (non-hydrogen) atoms. The van der Waals surface area contributed by atoms with Crippen LogP contribution in [0, 0.1) is 0 Å². The molecule has 0 amide bonds. The minimum atomic E-state index is 0.278. The van der Waals surface area contributed by atoms with E-state index in [1.165, 1.54) is 19.3 Å². The van der Waals surface area contributed by atoms with E-state index in [0.717, 1.165) is 18.4 Å². The van der Waals surface area contributed by atoms with Crippen LogP contribution in [0.2, 0.25) is 0 Å². The SMILES string of the molecule is CCCCCCc1ccc(Nc2nc(N)c3ncn(CCOCP)c3n2)cc1O. The zero-order valence-electron chi connectivity index (χ0n) is 16.8. The Labute approximate surface area is 173 Å². The van der Waals surface area contributed by atoms with E-state index >= 15 is 0 Å². The summed E-state index contributed by atoms with van der Waals surface area (Å²) in [7, 11) is 2.52. The van der Waals surface area contributed by atoms with Crippen molar-refractivity contribution in [2.24, 2.45) is 0 Å². The first-order valence-corrected chi connectivity index (χ1v) is 10.8. The Morgan fingerprint density at radius 3 is 2.86 bits per heavy atom. The standard InChI is InChI=1S/C20H29N6O2P/c1-2-3-4-5-6-14-7-8-15(11-16(14)27)23-20-24-18(21)17-19(25-20)26(12-22-17)9-10-28-13-29/h7-8,11-12,27H,2-6,9-10,13,29H2,1H3,(H3,21,23,24,25). The number of rotatable bonds is 11. The van der Waals surface area contributed by atoms with Crippen LogP contribution in [0.25, 0.3) is 11.2 Å². The Morgan fingerprint density at radius 1 is 1.24 bits per heavy atom. The molecule has 0 saturated carbocycles. The second-order valence-corrected chi connectivity index (χ2v) is 7.23. The smallest absolute Gasteiger partial charge is 0.231 e. The number of phenols is 1. The molecule has 0 aliphatic rings. The highest BCUT2D eigenvalue weighted by Gasteiger charge is 2.12. The van der Waals surface area contributed by atoms with E-state index in [2.05, 4.69) is 36.4 Å². The van der Waals surface area contributed by atoms with Crippen LogP contribution in [0.15, 0.2) is 24.5 Å². The number of benzene rings is 1. The predicted molar refractivity (Wildman–Crippen MR) is 119 cm³/mol. The number of anilines is 3. The van der Waals surface area contributed by atoms with E-state index in [1.54, 1.807) is 12.4 Å². The molecule has 8 nitrogen and oxygen atoms in total. The van der Waals surface area contributed by atoms with Crippen molar-refractivity contribution in [2.45, 2.75) is 45.6 Å². The highest BCUT2D eigenvalue weighted by Crippen LogP contribution is 2.26. The van der Waals surface area contributed by atoms with Gasteiger partial charge in [-0.1, -0.05) is 32.3 Å². The number of aryl methyl sites for hydroxylation is 1. The summed E-state index contributed by atoms with van der Waals surface area (Å²) in [5.74, 6) is 0.943. The summed E-state index contributed by atoms with van der Waals surface area (Å²) in [6.45, 7) is 3.36. The molecule has 2 heterocycles. The van der Waals surface area contributed by atoms with Crippen LogP contribution in [0.3, 0.4) is 0 Å². The van der Waals surface area contributed by atoms with Crippen molar-refractivity contribution in [3.63, 3.8) is 0 Å². The van der Waals surface area contributed by atoms with Gasteiger partial charge in [0.15, 0.2) is 11.5 Å². The summed E-state index contributed by atoms with van der Waals surface area (Å²) < 4.78 is 7.26. The third-order valence-electron chi connectivity index (χ3n) is 4.73. The molecule has 0 fully saturated rings. The maximum atomic E-state index is 10.3. The van der Waals surface area contributed by atoms with E-state index < -0.39 is 0 Å². The lowest BCUT2D eigenvalue weighted by Crippen LogP contribution is -2.07. The van der Waals surface area contributed by atoms with Gasteiger partial charge in [0.2, 0.25) is 5.95 Å². The number of nitrogen functional groups attached to an aromatic ring is 1. The molecule has 9 heteroatoms. The largest absolute Gasteiger partial charge is 0.508 e. The Balaban J connectivity index is 1.73. The molecule has 3 rings (SSSR count). The number of hydrogen-bond acceptors (Lipinski definition) is 7. The van der Waals surface area contributed by atoms with Crippen molar-refractivity contribution >= 4 is 37.9 Å². The molecule has 1 aromatic carbocycles. The Morgan fingerprint density at radius 2 is 2.10 bits per heavy atom. The van der Waals surface area contributed by atoms with Gasteiger partial charge in [-0.2, -0.15) is 9.97 Å². The van der Waals surface area contributed by atoms with Gasteiger partial charge in [-0.25, -0.2) is 4.98 Å². The van der Waals surface area contributed by atoms with E-state index in [-0.39, 0.29) is 5.75 Å². The van der Waals surface area contributed by atoms with Crippen molar-refractivity contribution in [2.75, 3.05) is 24.0 Å². The summed E-state index contributed by atoms with van der Waals surface area (Å²) in [5.41, 5.74) is 8.92. The monoisotopic (exact) mass is 416 g/mol. The van der Waals surface area contributed by atoms with Crippen LogP contribution in [-0.4, -0.2) is 37.6 Å². The van der Waals surface area contributed by atoms with Crippen molar-refractivity contribution in [1.29, 1.82) is 0 Å². The van der Waals surface area contributed by atoms with E-state index in [0.29, 0.717) is 48.1 Å². The summed E-state index contributed by atoms with van der Waals surface area (Å²) in [4.78, 5) is 13.1. The second-order valence-electron chi connectivity index (χ2n) is 6.90. The highest BCUT2D eigenvalue weighted by molar-refractivity contribution is 7.16. The Bertz CT molecular complexity index is 946. The van der Waals surface area contributed by atoms with Crippen LogP contribution in [0.4, 0.5) is 17.5 Å². The molecule has 1 atom stereocenters. The quantitative estimate of drug-likeness (QED) is 0.322. The molecule has 3 aromatic rings. The number of imidazole rings is 1. The lowest BCUT2D eigenvalue weighted by atomic mass is 10.0. The number of hydrogen-bond donors (Lipinski definition) is 3. The van der Waals surface area contributed by atoms with Gasteiger partial charge in [0.05, 0.1) is 19.3 Å². The molecule has 0 aliphatic heterocycles. The van der Waals surface area contributed by atoms with Crippen molar-refractivity contribution in [3.8, 4) is 5.75 Å². The van der Waals surface area contributed by atoms with Gasteiger partial charge in [-0.15, -0.1) is 9.24 Å². The van der Waals surface area contributed by atoms with E-state index in [1.807, 2.05) is 16.7 Å². The third kappa shape index (κ3) is 5.55. The van der Waals surface area contributed by atoms with E-state index in [4.69, 9.17) is 10.5 Å². The Hall–Kier alpha value is -2.44. The number of unbranched alkanes of at least 4 members (excludes halogenated alkanes) is 3. The molecule has 4 N–H and O–H groups in total. The average molecular weight is 416 g/mol. The minimum absolute atomic E-state index is 0.278. The summed E-state index contributed by atoms with van der Waals surface area (Å²) >= 11 is 0. The lowest BCUT2D eigenvalue weighted by Gasteiger charge is -2.10. The van der Waals surface area contributed by atoms with Crippen LogP contribution >= 0.6 is 9.24 Å². The number of fused-ring (bicyclic) bond motifs is 1. The highest BCUT2D eigenvalue weighted by atomic mass is 31.0. The van der Waals surface area contributed by atoms with Gasteiger partial charge in [0.1, 0.15) is 11.3 Å². The number of nitrogens with one attached hydrogen (secondary N) is 1. The average Bonchev–Trinajstić information content (AvgIpc) is 3.10. The van der Waals surface area contributed by atoms with Crippen LogP contribution in [0.1, 0.15) is 38.2 Å². The van der Waals surface area contributed by atoms with Crippen LogP contribution in [0.5, 0.6) is 5.75 Å². The van der Waals surface area contributed by atoms with Gasteiger partial charge in [-0.3, -0.25) is 0 Å². The molecule has 0 saturated heterocycles. The third-order valence-corrected chi connectivity index (χ3v) is 4.96. The number of phenolic OH excluding ortho intramolecular Hbond substituents is 1. The molecule has 156 valence electrons. The number of ether oxygens (including phenoxy) is 1. The fourth-order valence-electron chi connectivity index (χ4n) is 3.16. The number of aromatic nitrogens is 4. The normalized spacial score (nSPS) is 11.2. The van der Waals surface area contributed by atoms with Gasteiger partial charge in [0.25, 0.3) is 0 Å². The lowest BCUT2D eigenvalue weighted by molar-refractivity contribution is 0.173. The van der Waals surface area contributed by atoms with Gasteiger partial charge in [-0.05, 0) is 24.5 Å². The molecular weight excluding hydrogens is 387 g/mol. The van der Waals surface area contributed by atoms with E-state index in [9.17, 15) is 5.11 Å². The second kappa shape index (κ2) is 10.4. The van der Waals surface area contributed by atoms with Crippen molar-refractivity contribution in [1.82, 2.24) is 19.5 Å².